The van der Waals surface area contributed by atoms with Gasteiger partial charge in [-0.3, -0.25) is 4.79 Å². The van der Waals surface area contributed by atoms with Gasteiger partial charge in [-0.15, -0.1) is 0 Å². The molecular weight excluding hydrogens is 332 g/mol. The molecule has 3 N–H and O–H groups in total. The lowest BCUT2D eigenvalue weighted by atomic mass is 10.1. The average molecular weight is 352 g/mol. The monoisotopic (exact) mass is 352 g/mol. The molecule has 1 saturated heterocycles. The summed E-state index contributed by atoms with van der Waals surface area (Å²) in [5, 5.41) is 4.31. The van der Waals surface area contributed by atoms with E-state index in [0.29, 0.717) is 24.2 Å². The van der Waals surface area contributed by atoms with Crippen molar-refractivity contribution >= 4 is 21.6 Å². The summed E-state index contributed by atoms with van der Waals surface area (Å²) in [4.78, 5) is 17.1. The summed E-state index contributed by atoms with van der Waals surface area (Å²) in [6, 6.07) is 4.21. The first kappa shape index (κ1) is 16.7. The number of nitrogens with one attached hydrogen (secondary N) is 3. The van der Waals surface area contributed by atoms with Crippen LogP contribution >= 0.6 is 0 Å². The third-order valence-corrected chi connectivity index (χ3v) is 5.68. The lowest BCUT2D eigenvalue weighted by Crippen LogP contribution is -2.45. The first-order chi connectivity index (χ1) is 11.5. The number of carbonyl (C=O) groups excluding carboxylic acids is 1. The predicted octanol–water partition coefficient (Wildman–Crippen LogP) is 0.669. The Morgan fingerprint density at radius 2 is 2.17 bits per heavy atom. The summed E-state index contributed by atoms with van der Waals surface area (Å²) in [5.74, 6) is -0.276. The summed E-state index contributed by atoms with van der Waals surface area (Å²) in [7, 11) is -3.82. The van der Waals surface area contributed by atoms with Crippen LogP contribution in [0.5, 0.6) is 0 Å². The molecule has 0 unspecified atom stereocenters. The van der Waals surface area contributed by atoms with Gasteiger partial charge in [0, 0.05) is 6.54 Å². The van der Waals surface area contributed by atoms with Crippen molar-refractivity contribution in [3.05, 3.63) is 36.2 Å². The number of amides is 1. The minimum absolute atomic E-state index is 0.138. The first-order valence-electron chi connectivity index (χ1n) is 7.76. The quantitative estimate of drug-likeness (QED) is 0.736. The van der Waals surface area contributed by atoms with Gasteiger partial charge in [-0.05, 0) is 43.9 Å². The number of carbonyl (C=O) groups is 1. The number of benzene rings is 1. The number of hydrogen-bond donors (Lipinski definition) is 3. The lowest BCUT2D eigenvalue weighted by molar-refractivity contribution is -0.122. The molecular formula is C15H20N4O4S. The molecule has 0 aromatic heterocycles. The van der Waals surface area contributed by atoms with E-state index >= 15 is 0 Å². The summed E-state index contributed by atoms with van der Waals surface area (Å²) >= 11 is 0. The van der Waals surface area contributed by atoms with Crippen LogP contribution in [0.4, 0.5) is 5.69 Å². The molecule has 8 nitrogen and oxygen atoms in total. The van der Waals surface area contributed by atoms with Gasteiger partial charge in [0.2, 0.25) is 15.9 Å². The molecule has 0 radical (unpaired) electrons. The number of sulfonamides is 1. The molecule has 2 aliphatic rings. The highest BCUT2D eigenvalue weighted by Crippen LogP contribution is 2.27. The van der Waals surface area contributed by atoms with Crippen molar-refractivity contribution < 1.29 is 18.0 Å². The zero-order valence-electron chi connectivity index (χ0n) is 13.3. The highest BCUT2D eigenvalue weighted by Gasteiger charge is 2.28. The van der Waals surface area contributed by atoms with Crippen LogP contribution in [0.15, 0.2) is 35.6 Å². The molecule has 2 heterocycles. The van der Waals surface area contributed by atoms with Crippen molar-refractivity contribution in [2.24, 2.45) is 0 Å². The van der Waals surface area contributed by atoms with Crippen molar-refractivity contribution in [2.75, 3.05) is 11.6 Å². The minimum atomic E-state index is -3.82. The van der Waals surface area contributed by atoms with E-state index in [1.807, 2.05) is 0 Å². The summed E-state index contributed by atoms with van der Waals surface area (Å²) < 4.78 is 28.1. The van der Waals surface area contributed by atoms with Crippen LogP contribution in [-0.2, 0) is 19.7 Å². The Morgan fingerprint density at radius 1 is 1.33 bits per heavy atom. The minimum Gasteiger partial charge on any atom is -0.395 e. The van der Waals surface area contributed by atoms with Crippen molar-refractivity contribution in [1.82, 2.24) is 15.6 Å². The molecule has 1 aromatic rings. The Hall–Kier alpha value is -2.10. The third kappa shape index (κ3) is 3.37. The van der Waals surface area contributed by atoms with E-state index in [1.54, 1.807) is 30.3 Å². The molecule has 9 heteroatoms. The predicted molar refractivity (Wildman–Crippen MR) is 88.0 cm³/mol. The van der Waals surface area contributed by atoms with Crippen LogP contribution in [0.1, 0.15) is 24.8 Å². The second kappa shape index (κ2) is 6.80. The van der Waals surface area contributed by atoms with Gasteiger partial charge in [-0.2, -0.15) is 4.72 Å². The van der Waals surface area contributed by atoms with Crippen molar-refractivity contribution in [3.8, 4) is 0 Å². The lowest BCUT2D eigenvalue weighted by Gasteiger charge is -2.20. The number of rotatable bonds is 4. The third-order valence-electron chi connectivity index (χ3n) is 4.07. The molecule has 0 saturated carbocycles. The van der Waals surface area contributed by atoms with Crippen LogP contribution in [0, 0.1) is 6.92 Å². The fraction of sp³-hybridized carbons (Fsp3) is 0.400. The molecule has 0 spiro atoms. The van der Waals surface area contributed by atoms with Gasteiger partial charge >= 0.3 is 0 Å². The van der Waals surface area contributed by atoms with E-state index in [2.05, 4.69) is 15.6 Å². The van der Waals surface area contributed by atoms with Gasteiger partial charge in [0.25, 0.3) is 0 Å². The topological polar surface area (TPSA) is 99.8 Å². The SMILES string of the molecule is Cc1c(N2C=CON2)cccc1S(=O)(=O)N[C@@H]1CCCCNC1=O. The van der Waals surface area contributed by atoms with E-state index in [-0.39, 0.29) is 10.8 Å². The van der Waals surface area contributed by atoms with E-state index in [4.69, 9.17) is 4.84 Å². The summed E-state index contributed by atoms with van der Waals surface area (Å²) in [6.45, 7) is 2.30. The number of nitrogens with zero attached hydrogens (tertiary/aromatic N) is 1. The van der Waals surface area contributed by atoms with Gasteiger partial charge in [0.1, 0.15) is 12.3 Å². The number of anilines is 1. The number of hydrazine groups is 1. The average Bonchev–Trinajstić information content (AvgIpc) is 3.00. The van der Waals surface area contributed by atoms with Gasteiger partial charge < -0.3 is 10.2 Å². The van der Waals surface area contributed by atoms with Gasteiger partial charge in [0.05, 0.1) is 16.8 Å². The van der Waals surface area contributed by atoms with E-state index in [1.165, 1.54) is 12.3 Å². The maximum absolute atomic E-state index is 12.8. The summed E-state index contributed by atoms with van der Waals surface area (Å²) in [5.41, 5.74) is 3.84. The standard InChI is InChI=1S/C15H20N4O4S/c1-11-13(19-9-10-23-18-19)6-4-7-14(11)24(21,22)17-12-5-2-3-8-16-15(12)20/h4,6-7,9-10,12,17-18H,2-3,5,8H2,1H3,(H,16,20)/t12-/m1/s1. The zero-order valence-corrected chi connectivity index (χ0v) is 14.1. The Bertz CT molecular complexity index is 763. The largest absolute Gasteiger partial charge is 0.395 e. The highest BCUT2D eigenvalue weighted by molar-refractivity contribution is 7.89. The van der Waals surface area contributed by atoms with Gasteiger partial charge in [-0.25, -0.2) is 13.4 Å². The Kier molecular flexibility index (Phi) is 4.74. The molecule has 0 bridgehead atoms. The van der Waals surface area contributed by atoms with Crippen molar-refractivity contribution in [2.45, 2.75) is 37.1 Å². The molecule has 1 aromatic carbocycles. The Labute approximate surface area is 140 Å². The molecule has 130 valence electrons. The smallest absolute Gasteiger partial charge is 0.241 e. The first-order valence-corrected chi connectivity index (χ1v) is 9.24. The van der Waals surface area contributed by atoms with Gasteiger partial charge in [0.15, 0.2) is 0 Å². The fourth-order valence-corrected chi connectivity index (χ4v) is 4.29. The number of hydrogen-bond acceptors (Lipinski definition) is 6. The van der Waals surface area contributed by atoms with E-state index < -0.39 is 16.1 Å². The Morgan fingerprint density at radius 3 is 2.92 bits per heavy atom. The zero-order chi connectivity index (χ0) is 17.2. The molecule has 3 rings (SSSR count). The summed E-state index contributed by atoms with van der Waals surface area (Å²) in [6.07, 6.45) is 5.24. The van der Waals surface area contributed by atoms with Crippen LogP contribution in [0.25, 0.3) is 0 Å². The molecule has 0 aliphatic carbocycles. The van der Waals surface area contributed by atoms with Crippen LogP contribution < -0.4 is 20.6 Å². The second-order valence-electron chi connectivity index (χ2n) is 5.73. The fourth-order valence-electron chi connectivity index (χ4n) is 2.80. The molecule has 1 fully saturated rings. The normalized spacial score (nSPS) is 21.3. The van der Waals surface area contributed by atoms with Crippen molar-refractivity contribution in [1.29, 1.82) is 0 Å². The molecule has 1 atom stereocenters. The van der Waals surface area contributed by atoms with Crippen LogP contribution in [0.2, 0.25) is 0 Å². The highest BCUT2D eigenvalue weighted by atomic mass is 32.2. The molecule has 24 heavy (non-hydrogen) atoms. The Balaban J connectivity index is 1.88. The van der Waals surface area contributed by atoms with Crippen molar-refractivity contribution in [3.63, 3.8) is 0 Å². The molecule has 1 amide bonds. The van der Waals surface area contributed by atoms with E-state index in [0.717, 1.165) is 12.8 Å². The van der Waals surface area contributed by atoms with E-state index in [9.17, 15) is 13.2 Å². The van der Waals surface area contributed by atoms with Crippen LogP contribution in [-0.4, -0.2) is 26.9 Å². The van der Waals surface area contributed by atoms with Crippen LogP contribution in [0.3, 0.4) is 0 Å². The molecule has 2 aliphatic heterocycles. The maximum atomic E-state index is 12.8. The second-order valence-corrected chi connectivity index (χ2v) is 7.41. The maximum Gasteiger partial charge on any atom is 0.241 e. The van der Waals surface area contributed by atoms with Gasteiger partial charge in [-0.1, -0.05) is 11.7 Å².